The van der Waals surface area contributed by atoms with E-state index in [4.69, 9.17) is 55.8 Å². The molecule has 0 spiro atoms. The van der Waals surface area contributed by atoms with Gasteiger partial charge in [-0.05, 0) is 79.4 Å². The van der Waals surface area contributed by atoms with Gasteiger partial charge in [0.25, 0.3) is 5.89 Å². The van der Waals surface area contributed by atoms with Crippen LogP contribution in [-0.4, -0.2) is 19.7 Å². The lowest BCUT2D eigenvalue weighted by Gasteiger charge is -2.39. The average molecular weight is 598 g/mol. The maximum Gasteiger partial charge on any atom is 0.268 e. The van der Waals surface area contributed by atoms with Gasteiger partial charge in [-0.15, -0.1) is 10.2 Å². The van der Waals surface area contributed by atoms with Crippen LogP contribution in [0, 0.1) is 0 Å². The second-order valence-electron chi connectivity index (χ2n) is 9.77. The van der Waals surface area contributed by atoms with Crippen molar-refractivity contribution < 1.29 is 4.42 Å². The number of aromatic nitrogens is 4. The Morgan fingerprint density at radius 3 is 2.13 bits per heavy atom. The summed E-state index contributed by atoms with van der Waals surface area (Å²) in [5, 5.41) is 11.5. The number of imidazole rings is 1. The van der Waals surface area contributed by atoms with E-state index in [-0.39, 0.29) is 5.41 Å². The highest BCUT2D eigenvalue weighted by Gasteiger charge is 2.45. The quantitative estimate of drug-likeness (QED) is 0.187. The van der Waals surface area contributed by atoms with Gasteiger partial charge in [-0.3, -0.25) is 4.57 Å². The summed E-state index contributed by atoms with van der Waals surface area (Å²) in [5.41, 5.74) is 4.04. The molecule has 198 valence electrons. The van der Waals surface area contributed by atoms with E-state index >= 15 is 0 Å². The SMILES string of the molecule is CCCc1c(-c2nnc(C3(c4ccc(Cl)cc4)CCC3)o2)nc(-c2ccc(Cl)cc2Cl)n1-c1ccc(Cl)cc1. The molecule has 9 heteroatoms. The minimum Gasteiger partial charge on any atom is -0.418 e. The normalized spacial score (nSPS) is 14.4. The topological polar surface area (TPSA) is 56.7 Å². The minimum absolute atomic E-state index is 0.318. The van der Waals surface area contributed by atoms with Crippen molar-refractivity contribution in [1.29, 1.82) is 0 Å². The van der Waals surface area contributed by atoms with Crippen molar-refractivity contribution in [2.45, 2.75) is 44.4 Å². The number of benzene rings is 3. The molecular formula is C30H24Cl4N4O. The number of hydrogen-bond donors (Lipinski definition) is 0. The van der Waals surface area contributed by atoms with Crippen LogP contribution in [0.2, 0.25) is 20.1 Å². The van der Waals surface area contributed by atoms with Gasteiger partial charge in [0, 0.05) is 26.3 Å². The van der Waals surface area contributed by atoms with Crippen LogP contribution in [-0.2, 0) is 11.8 Å². The molecule has 1 aliphatic carbocycles. The first-order valence-electron chi connectivity index (χ1n) is 12.8. The summed E-state index contributed by atoms with van der Waals surface area (Å²) >= 11 is 25.3. The Hall–Kier alpha value is -2.83. The third-order valence-corrected chi connectivity index (χ3v) is 8.41. The molecule has 0 amide bonds. The number of halogens is 4. The summed E-state index contributed by atoms with van der Waals surface area (Å²) in [4.78, 5) is 5.07. The summed E-state index contributed by atoms with van der Waals surface area (Å²) in [6.45, 7) is 2.13. The molecule has 0 atom stereocenters. The lowest BCUT2D eigenvalue weighted by molar-refractivity contribution is 0.241. The molecule has 0 N–H and O–H groups in total. The molecule has 3 aromatic carbocycles. The van der Waals surface area contributed by atoms with Crippen LogP contribution in [0.4, 0.5) is 0 Å². The van der Waals surface area contributed by atoms with Gasteiger partial charge >= 0.3 is 0 Å². The molecule has 6 rings (SSSR count). The van der Waals surface area contributed by atoms with E-state index in [0.29, 0.717) is 43.4 Å². The van der Waals surface area contributed by atoms with Gasteiger partial charge in [-0.2, -0.15) is 0 Å². The van der Waals surface area contributed by atoms with Gasteiger partial charge in [0.1, 0.15) is 11.5 Å². The lowest BCUT2D eigenvalue weighted by atomic mass is 9.64. The molecule has 0 saturated heterocycles. The summed E-state index contributed by atoms with van der Waals surface area (Å²) in [6.07, 6.45) is 4.57. The number of nitrogens with zero attached hydrogens (tertiary/aromatic N) is 4. The van der Waals surface area contributed by atoms with Crippen molar-refractivity contribution in [1.82, 2.24) is 19.7 Å². The van der Waals surface area contributed by atoms with E-state index in [2.05, 4.69) is 21.7 Å². The Kier molecular flexibility index (Phi) is 7.19. The minimum atomic E-state index is -0.318. The van der Waals surface area contributed by atoms with Gasteiger partial charge in [-0.25, -0.2) is 4.98 Å². The molecule has 0 bridgehead atoms. The maximum absolute atomic E-state index is 6.68. The van der Waals surface area contributed by atoms with Crippen LogP contribution in [0.3, 0.4) is 0 Å². The zero-order valence-corrected chi connectivity index (χ0v) is 24.1. The first kappa shape index (κ1) is 26.4. The van der Waals surface area contributed by atoms with Crippen molar-refractivity contribution in [3.63, 3.8) is 0 Å². The fourth-order valence-corrected chi connectivity index (χ4v) is 5.99. The Morgan fingerprint density at radius 2 is 1.51 bits per heavy atom. The molecule has 1 saturated carbocycles. The molecule has 0 unspecified atom stereocenters. The summed E-state index contributed by atoms with van der Waals surface area (Å²) < 4.78 is 8.54. The van der Waals surface area contributed by atoms with Crippen molar-refractivity contribution >= 4 is 46.4 Å². The zero-order valence-electron chi connectivity index (χ0n) is 21.1. The van der Waals surface area contributed by atoms with Gasteiger partial charge in [0.15, 0.2) is 0 Å². The highest BCUT2D eigenvalue weighted by Crippen LogP contribution is 2.49. The molecule has 39 heavy (non-hydrogen) atoms. The van der Waals surface area contributed by atoms with Crippen molar-refractivity contribution in [3.8, 4) is 28.7 Å². The molecule has 5 nitrogen and oxygen atoms in total. The maximum atomic E-state index is 6.68. The lowest BCUT2D eigenvalue weighted by Crippen LogP contribution is -2.35. The highest BCUT2D eigenvalue weighted by atomic mass is 35.5. The van der Waals surface area contributed by atoms with E-state index < -0.39 is 0 Å². The van der Waals surface area contributed by atoms with Crippen LogP contribution in [0.1, 0.15) is 49.8 Å². The molecule has 5 aromatic rings. The molecule has 1 aliphatic rings. The summed E-state index contributed by atoms with van der Waals surface area (Å²) in [7, 11) is 0. The Morgan fingerprint density at radius 1 is 0.846 bits per heavy atom. The first-order valence-corrected chi connectivity index (χ1v) is 14.3. The van der Waals surface area contributed by atoms with Gasteiger partial charge < -0.3 is 4.42 Å². The Balaban J connectivity index is 1.53. The average Bonchev–Trinajstić information content (AvgIpc) is 3.51. The Bertz CT molecular complexity index is 1640. The van der Waals surface area contributed by atoms with E-state index in [1.165, 1.54) is 0 Å². The predicted molar refractivity (Wildman–Crippen MR) is 157 cm³/mol. The molecule has 1 fully saturated rings. The van der Waals surface area contributed by atoms with Crippen molar-refractivity contribution in [2.75, 3.05) is 0 Å². The van der Waals surface area contributed by atoms with Crippen LogP contribution >= 0.6 is 46.4 Å². The molecule has 2 aromatic heterocycles. The van der Waals surface area contributed by atoms with Crippen molar-refractivity contribution in [2.24, 2.45) is 0 Å². The number of hydrogen-bond acceptors (Lipinski definition) is 4. The smallest absolute Gasteiger partial charge is 0.268 e. The standard InChI is InChI=1S/C30H24Cl4N4O/c1-2-4-25-26(28-36-37-29(39-28)30(15-3-16-30)18-5-7-19(31)8-6-18)35-27(23-14-11-21(33)17-24(23)34)38(25)22-12-9-20(32)10-13-22/h5-14,17H,2-4,15-16H2,1H3. The van der Waals surface area contributed by atoms with Crippen molar-refractivity contribution in [3.05, 3.63) is 104 Å². The van der Waals surface area contributed by atoms with Crippen LogP contribution in [0.15, 0.2) is 71.1 Å². The third kappa shape index (κ3) is 4.76. The second kappa shape index (κ2) is 10.6. The van der Waals surface area contributed by atoms with Gasteiger partial charge in [0.05, 0.1) is 16.1 Å². The van der Waals surface area contributed by atoms with E-state index in [1.807, 2.05) is 54.6 Å². The van der Waals surface area contributed by atoms with E-state index in [1.54, 1.807) is 12.1 Å². The van der Waals surface area contributed by atoms with Gasteiger partial charge in [0.2, 0.25) is 5.89 Å². The molecular weight excluding hydrogens is 574 g/mol. The fraction of sp³-hybridized carbons (Fsp3) is 0.233. The Labute approximate surface area is 246 Å². The van der Waals surface area contributed by atoms with E-state index in [9.17, 15) is 0 Å². The molecule has 0 radical (unpaired) electrons. The highest BCUT2D eigenvalue weighted by molar-refractivity contribution is 6.36. The monoisotopic (exact) mass is 596 g/mol. The summed E-state index contributed by atoms with van der Waals surface area (Å²) in [6, 6.07) is 20.9. The number of rotatable bonds is 7. The molecule has 0 aliphatic heterocycles. The zero-order chi connectivity index (χ0) is 27.1. The van der Waals surface area contributed by atoms with Crippen LogP contribution in [0.25, 0.3) is 28.7 Å². The second-order valence-corrected chi connectivity index (χ2v) is 11.5. The first-order chi connectivity index (χ1) is 18.9. The van der Waals surface area contributed by atoms with E-state index in [0.717, 1.165) is 54.6 Å². The third-order valence-electron chi connectivity index (χ3n) is 7.36. The largest absolute Gasteiger partial charge is 0.418 e. The van der Waals surface area contributed by atoms with Gasteiger partial charge in [-0.1, -0.05) is 78.3 Å². The van der Waals surface area contributed by atoms with Crippen LogP contribution < -0.4 is 0 Å². The van der Waals surface area contributed by atoms with Crippen LogP contribution in [0.5, 0.6) is 0 Å². The fourth-order valence-electron chi connectivity index (χ4n) is 5.25. The predicted octanol–water partition coefficient (Wildman–Crippen LogP) is 9.63. The molecule has 2 heterocycles. The summed E-state index contributed by atoms with van der Waals surface area (Å²) in [5.74, 6) is 1.64.